The van der Waals surface area contributed by atoms with Gasteiger partial charge in [-0.3, -0.25) is 9.59 Å². The largest absolute Gasteiger partial charge is 0.359 e. The van der Waals surface area contributed by atoms with Crippen molar-refractivity contribution in [2.75, 3.05) is 13.1 Å². The number of nitrogens with one attached hydrogen (secondary N) is 1. The predicted molar refractivity (Wildman–Crippen MR) is 74.3 cm³/mol. The smallest absolute Gasteiger partial charge is 0.255 e. The van der Waals surface area contributed by atoms with E-state index in [9.17, 15) is 14.9 Å². The maximum Gasteiger partial charge on any atom is 0.255 e. The lowest BCUT2D eigenvalue weighted by atomic mass is 10.0. The van der Waals surface area contributed by atoms with Gasteiger partial charge in [0.25, 0.3) is 5.91 Å². The SMILES string of the molecule is Cc1c(Cl)ccc2c1C(=O)N(CCCNC=O)C2C#N. The molecule has 104 valence electrons. The van der Waals surface area contributed by atoms with Gasteiger partial charge >= 0.3 is 0 Å². The van der Waals surface area contributed by atoms with E-state index in [0.29, 0.717) is 47.6 Å². The fourth-order valence-electron chi connectivity index (χ4n) is 2.43. The van der Waals surface area contributed by atoms with Crippen LogP contribution in [0.1, 0.15) is 33.9 Å². The van der Waals surface area contributed by atoms with Crippen LogP contribution < -0.4 is 5.32 Å². The lowest BCUT2D eigenvalue weighted by molar-refractivity contribution is -0.109. The molecule has 2 amide bonds. The minimum Gasteiger partial charge on any atom is -0.359 e. The second-order valence-electron chi connectivity index (χ2n) is 4.59. The Labute approximate surface area is 122 Å². The molecule has 1 unspecified atom stereocenters. The van der Waals surface area contributed by atoms with Gasteiger partial charge in [-0.1, -0.05) is 17.7 Å². The van der Waals surface area contributed by atoms with E-state index in [1.54, 1.807) is 19.1 Å². The van der Waals surface area contributed by atoms with Gasteiger partial charge in [-0.05, 0) is 25.0 Å². The predicted octanol–water partition coefficient (Wildman–Crippen LogP) is 1.81. The normalized spacial score (nSPS) is 16.8. The van der Waals surface area contributed by atoms with E-state index in [4.69, 9.17) is 11.6 Å². The van der Waals surface area contributed by atoms with Gasteiger partial charge in [-0.2, -0.15) is 5.26 Å². The standard InChI is InChI=1S/C14H14ClN3O2/c1-9-11(15)4-3-10-12(7-16)18(14(20)13(9)10)6-2-5-17-8-19/h3-4,8,12H,2,5-6H2,1H3,(H,17,19). The molecule has 0 bridgehead atoms. The van der Waals surface area contributed by atoms with E-state index in [2.05, 4.69) is 11.4 Å². The van der Waals surface area contributed by atoms with Crippen LogP contribution in [0.15, 0.2) is 12.1 Å². The van der Waals surface area contributed by atoms with Crippen molar-refractivity contribution in [3.8, 4) is 6.07 Å². The van der Waals surface area contributed by atoms with Crippen molar-refractivity contribution in [3.05, 3.63) is 33.8 Å². The Morgan fingerprint density at radius 3 is 2.95 bits per heavy atom. The number of carbonyl (C=O) groups is 2. The van der Waals surface area contributed by atoms with E-state index in [-0.39, 0.29) is 5.91 Å². The second-order valence-corrected chi connectivity index (χ2v) is 5.00. The Hall–Kier alpha value is -2.06. The summed E-state index contributed by atoms with van der Waals surface area (Å²) in [6, 6.07) is 5.03. The molecule has 1 aromatic carbocycles. The molecular formula is C14H14ClN3O2. The van der Waals surface area contributed by atoms with Crippen molar-refractivity contribution in [2.45, 2.75) is 19.4 Å². The third-order valence-electron chi connectivity index (χ3n) is 3.44. The zero-order valence-corrected chi connectivity index (χ0v) is 11.8. The molecule has 5 nitrogen and oxygen atoms in total. The van der Waals surface area contributed by atoms with Crippen LogP contribution in [0.3, 0.4) is 0 Å². The molecule has 0 spiro atoms. The number of nitrogens with zero attached hydrogens (tertiary/aromatic N) is 2. The van der Waals surface area contributed by atoms with Crippen LogP contribution in [0.5, 0.6) is 0 Å². The van der Waals surface area contributed by atoms with E-state index in [0.717, 1.165) is 0 Å². The van der Waals surface area contributed by atoms with Gasteiger partial charge in [-0.25, -0.2) is 0 Å². The van der Waals surface area contributed by atoms with Crippen molar-refractivity contribution in [3.63, 3.8) is 0 Å². The highest BCUT2D eigenvalue weighted by Crippen LogP contribution is 2.37. The summed E-state index contributed by atoms with van der Waals surface area (Å²) in [6.45, 7) is 2.68. The Bertz CT molecular complexity index is 595. The third-order valence-corrected chi connectivity index (χ3v) is 3.85. The fourth-order valence-corrected chi connectivity index (χ4v) is 2.59. The minimum absolute atomic E-state index is 0.169. The first-order valence-corrected chi connectivity index (χ1v) is 6.66. The van der Waals surface area contributed by atoms with Crippen LogP contribution in [-0.4, -0.2) is 30.3 Å². The molecule has 1 atom stereocenters. The van der Waals surface area contributed by atoms with E-state index in [1.165, 1.54) is 4.90 Å². The summed E-state index contributed by atoms with van der Waals surface area (Å²) < 4.78 is 0. The van der Waals surface area contributed by atoms with Gasteiger partial charge in [0.1, 0.15) is 6.04 Å². The maximum atomic E-state index is 12.4. The Balaban J connectivity index is 2.26. The molecule has 1 aliphatic rings. The first kappa shape index (κ1) is 14.4. The molecule has 1 aromatic rings. The molecule has 0 saturated carbocycles. The highest BCUT2D eigenvalue weighted by atomic mass is 35.5. The molecule has 1 aliphatic heterocycles. The number of rotatable bonds is 5. The van der Waals surface area contributed by atoms with E-state index in [1.807, 2.05) is 0 Å². The summed E-state index contributed by atoms with van der Waals surface area (Å²) in [5.41, 5.74) is 1.96. The quantitative estimate of drug-likeness (QED) is 0.664. The topological polar surface area (TPSA) is 73.2 Å². The maximum absolute atomic E-state index is 12.4. The van der Waals surface area contributed by atoms with Gasteiger partial charge in [-0.15, -0.1) is 0 Å². The third kappa shape index (κ3) is 2.35. The average Bonchev–Trinajstić information content (AvgIpc) is 2.72. The molecule has 2 rings (SSSR count). The van der Waals surface area contributed by atoms with Gasteiger partial charge < -0.3 is 10.2 Å². The fraction of sp³-hybridized carbons (Fsp3) is 0.357. The molecule has 1 N–H and O–H groups in total. The summed E-state index contributed by atoms with van der Waals surface area (Å²) in [7, 11) is 0. The minimum atomic E-state index is -0.579. The van der Waals surface area contributed by atoms with Gasteiger partial charge in [0.05, 0.1) is 11.6 Å². The lowest BCUT2D eigenvalue weighted by Gasteiger charge is -2.19. The van der Waals surface area contributed by atoms with Crippen molar-refractivity contribution < 1.29 is 9.59 Å². The number of fused-ring (bicyclic) bond motifs is 1. The van der Waals surface area contributed by atoms with Crippen molar-refractivity contribution in [1.29, 1.82) is 5.26 Å². The zero-order valence-electron chi connectivity index (χ0n) is 11.0. The highest BCUT2D eigenvalue weighted by molar-refractivity contribution is 6.32. The number of amides is 2. The van der Waals surface area contributed by atoms with Crippen LogP contribution in [-0.2, 0) is 4.79 Å². The summed E-state index contributed by atoms with van der Waals surface area (Å²) in [6.07, 6.45) is 1.22. The number of benzene rings is 1. The van der Waals surface area contributed by atoms with E-state index < -0.39 is 6.04 Å². The van der Waals surface area contributed by atoms with Crippen molar-refractivity contribution in [2.24, 2.45) is 0 Å². The number of hydrogen-bond donors (Lipinski definition) is 1. The molecule has 6 heteroatoms. The van der Waals surface area contributed by atoms with Crippen LogP contribution >= 0.6 is 11.6 Å². The Morgan fingerprint density at radius 2 is 2.30 bits per heavy atom. The molecule has 0 aromatic heterocycles. The molecule has 0 radical (unpaired) electrons. The van der Waals surface area contributed by atoms with Crippen LogP contribution in [0.4, 0.5) is 0 Å². The van der Waals surface area contributed by atoms with Crippen LogP contribution in [0, 0.1) is 18.3 Å². The summed E-state index contributed by atoms with van der Waals surface area (Å²) >= 11 is 6.04. The first-order valence-electron chi connectivity index (χ1n) is 6.28. The lowest BCUT2D eigenvalue weighted by Crippen LogP contribution is -2.30. The molecule has 0 aliphatic carbocycles. The molecule has 1 heterocycles. The average molecular weight is 292 g/mol. The van der Waals surface area contributed by atoms with Crippen molar-refractivity contribution >= 4 is 23.9 Å². The highest BCUT2D eigenvalue weighted by Gasteiger charge is 2.37. The van der Waals surface area contributed by atoms with E-state index >= 15 is 0 Å². The Kier molecular flexibility index (Phi) is 4.26. The molecule has 20 heavy (non-hydrogen) atoms. The number of hydrogen-bond acceptors (Lipinski definition) is 3. The van der Waals surface area contributed by atoms with Gasteiger partial charge in [0.2, 0.25) is 6.41 Å². The van der Waals surface area contributed by atoms with Crippen LogP contribution in [0.25, 0.3) is 0 Å². The summed E-state index contributed by atoms with van der Waals surface area (Å²) in [5, 5.41) is 12.4. The Morgan fingerprint density at radius 1 is 1.55 bits per heavy atom. The molecule has 0 fully saturated rings. The molecule has 0 saturated heterocycles. The van der Waals surface area contributed by atoms with Crippen molar-refractivity contribution in [1.82, 2.24) is 10.2 Å². The molecular weight excluding hydrogens is 278 g/mol. The van der Waals surface area contributed by atoms with Gasteiger partial charge in [0.15, 0.2) is 0 Å². The number of carbonyl (C=O) groups excluding carboxylic acids is 2. The monoisotopic (exact) mass is 291 g/mol. The zero-order chi connectivity index (χ0) is 14.7. The first-order chi connectivity index (χ1) is 9.61. The summed E-state index contributed by atoms with van der Waals surface area (Å²) in [5.74, 6) is -0.169. The van der Waals surface area contributed by atoms with Crippen LogP contribution in [0.2, 0.25) is 5.02 Å². The summed E-state index contributed by atoms with van der Waals surface area (Å²) in [4.78, 5) is 24.1. The van der Waals surface area contributed by atoms with Gasteiger partial charge in [0, 0.05) is 23.7 Å². The second kappa shape index (κ2) is 5.93. The number of halogens is 1. The number of nitriles is 1.